The maximum Gasteiger partial charge on any atom is 0.257 e. The van der Waals surface area contributed by atoms with Crippen LogP contribution in [0.5, 0.6) is 0 Å². The molecule has 1 saturated carbocycles. The van der Waals surface area contributed by atoms with Crippen LogP contribution in [0.4, 0.5) is 0 Å². The Morgan fingerprint density at radius 3 is 2.74 bits per heavy atom. The summed E-state index contributed by atoms with van der Waals surface area (Å²) in [5.41, 5.74) is 1.64. The number of carbonyl (C=O) groups excluding carboxylic acids is 1. The van der Waals surface area contributed by atoms with Gasteiger partial charge in [0.15, 0.2) is 9.84 Å². The number of fused-ring (bicyclic) bond motifs is 1. The molecule has 128 valence electrons. The van der Waals surface area contributed by atoms with Gasteiger partial charge in [-0.05, 0) is 32.1 Å². The summed E-state index contributed by atoms with van der Waals surface area (Å²) in [6.45, 7) is 0.863. The zero-order chi connectivity index (χ0) is 16.6. The molecule has 23 heavy (non-hydrogen) atoms. The Balaban J connectivity index is 1.85. The van der Waals surface area contributed by atoms with E-state index in [1.54, 1.807) is 18.1 Å². The van der Waals surface area contributed by atoms with Crippen molar-refractivity contribution in [2.24, 2.45) is 0 Å². The van der Waals surface area contributed by atoms with Crippen molar-refractivity contribution in [2.45, 2.75) is 62.8 Å². The summed E-state index contributed by atoms with van der Waals surface area (Å²) in [5, 5.41) is 3.88. The first-order valence-electron chi connectivity index (χ1n) is 8.40. The van der Waals surface area contributed by atoms with E-state index in [1.165, 1.54) is 6.26 Å². The summed E-state index contributed by atoms with van der Waals surface area (Å²) >= 11 is 0. The Bertz CT molecular complexity index is 695. The van der Waals surface area contributed by atoms with Gasteiger partial charge in [-0.1, -0.05) is 12.8 Å². The van der Waals surface area contributed by atoms with Crippen molar-refractivity contribution in [3.63, 3.8) is 0 Å². The Morgan fingerprint density at radius 2 is 2.00 bits per heavy atom. The molecular weight excluding hydrogens is 314 g/mol. The zero-order valence-electron chi connectivity index (χ0n) is 13.9. The number of rotatable bonds is 3. The van der Waals surface area contributed by atoms with E-state index < -0.39 is 15.1 Å². The van der Waals surface area contributed by atoms with Crippen LogP contribution >= 0.6 is 0 Å². The van der Waals surface area contributed by atoms with Gasteiger partial charge in [-0.2, -0.15) is 5.10 Å². The maximum atomic E-state index is 12.9. The summed E-state index contributed by atoms with van der Waals surface area (Å²) in [5.74, 6) is -0.0892. The highest BCUT2D eigenvalue weighted by molar-refractivity contribution is 7.91. The lowest BCUT2D eigenvalue weighted by Gasteiger charge is -2.37. The highest BCUT2D eigenvalue weighted by atomic mass is 32.2. The van der Waals surface area contributed by atoms with Gasteiger partial charge in [0.2, 0.25) is 0 Å². The van der Waals surface area contributed by atoms with Crippen LogP contribution in [-0.4, -0.2) is 53.6 Å². The molecule has 0 saturated heterocycles. The van der Waals surface area contributed by atoms with Crippen LogP contribution in [0.25, 0.3) is 0 Å². The third kappa shape index (κ3) is 3.16. The van der Waals surface area contributed by atoms with Gasteiger partial charge < -0.3 is 4.90 Å². The van der Waals surface area contributed by atoms with Gasteiger partial charge in [0.05, 0.1) is 22.7 Å². The lowest BCUT2D eigenvalue weighted by Crippen LogP contribution is -2.49. The molecule has 1 aromatic heterocycles. The number of sulfone groups is 1. The van der Waals surface area contributed by atoms with Crippen molar-refractivity contribution in [2.75, 3.05) is 13.3 Å². The molecular formula is C16H25N3O3S. The number of hydrogen-bond acceptors (Lipinski definition) is 4. The highest BCUT2D eigenvalue weighted by Gasteiger charge is 2.38. The van der Waals surface area contributed by atoms with Crippen molar-refractivity contribution in [1.29, 1.82) is 0 Å². The predicted molar refractivity (Wildman–Crippen MR) is 88.1 cm³/mol. The number of carbonyl (C=O) groups is 1. The Labute approximate surface area is 137 Å². The molecule has 1 aliphatic heterocycles. The summed E-state index contributed by atoms with van der Waals surface area (Å²) in [7, 11) is -1.41. The van der Waals surface area contributed by atoms with Gasteiger partial charge in [-0.25, -0.2) is 8.42 Å². The molecule has 0 aromatic carbocycles. The van der Waals surface area contributed by atoms with Crippen LogP contribution in [0, 0.1) is 0 Å². The predicted octanol–water partition coefficient (Wildman–Crippen LogP) is 1.65. The van der Waals surface area contributed by atoms with E-state index in [-0.39, 0.29) is 11.9 Å². The number of aryl methyl sites for hydroxylation is 1. The van der Waals surface area contributed by atoms with E-state index >= 15 is 0 Å². The van der Waals surface area contributed by atoms with Crippen molar-refractivity contribution in [3.05, 3.63) is 17.5 Å². The summed E-state index contributed by atoms with van der Waals surface area (Å²) in [4.78, 5) is 14.6. The standard InChI is InChI=1S/C16H25N3O3S/c1-18(14-8-3-4-9-15(14)23(2,21)22)16(20)12-11-17-19-10-6-5-7-13(12)19/h11,14-15H,3-10H2,1-2H3/t14-,15+/m0/s1. The SMILES string of the molecule is CN(C(=O)c1cnn2c1CCCC2)[C@H]1CCCC[C@H]1S(C)(=O)=O. The van der Waals surface area contributed by atoms with Crippen LogP contribution in [-0.2, 0) is 22.8 Å². The summed E-state index contributed by atoms with van der Waals surface area (Å²) in [6.07, 6.45) is 9.27. The second kappa shape index (κ2) is 6.26. The van der Waals surface area contributed by atoms with Crippen LogP contribution in [0.3, 0.4) is 0 Å². The fourth-order valence-corrected chi connectivity index (χ4v) is 5.44. The lowest BCUT2D eigenvalue weighted by molar-refractivity contribution is 0.0698. The molecule has 3 rings (SSSR count). The van der Waals surface area contributed by atoms with Crippen LogP contribution in [0.15, 0.2) is 6.20 Å². The molecule has 0 spiro atoms. The second-order valence-corrected chi connectivity index (χ2v) is 9.09. The third-order valence-electron chi connectivity index (χ3n) is 5.25. The van der Waals surface area contributed by atoms with Gasteiger partial charge in [0, 0.05) is 25.9 Å². The molecule has 1 aliphatic carbocycles. The minimum Gasteiger partial charge on any atom is -0.337 e. The average molecular weight is 339 g/mol. The maximum absolute atomic E-state index is 12.9. The Kier molecular flexibility index (Phi) is 4.49. The van der Waals surface area contributed by atoms with Crippen LogP contribution in [0.1, 0.15) is 54.6 Å². The monoisotopic (exact) mass is 339 g/mol. The fourth-order valence-electron chi connectivity index (χ4n) is 3.96. The van der Waals surface area contributed by atoms with E-state index in [2.05, 4.69) is 5.10 Å². The zero-order valence-corrected chi connectivity index (χ0v) is 14.7. The lowest BCUT2D eigenvalue weighted by atomic mass is 9.93. The fraction of sp³-hybridized carbons (Fsp3) is 0.750. The topological polar surface area (TPSA) is 72.3 Å². The first-order chi connectivity index (χ1) is 10.9. The Morgan fingerprint density at radius 1 is 1.26 bits per heavy atom. The molecule has 2 heterocycles. The third-order valence-corrected chi connectivity index (χ3v) is 6.90. The summed E-state index contributed by atoms with van der Waals surface area (Å²) in [6, 6.07) is -0.231. The molecule has 6 nitrogen and oxygen atoms in total. The van der Waals surface area contributed by atoms with Crippen LogP contribution < -0.4 is 0 Å². The van der Waals surface area contributed by atoms with Gasteiger partial charge in [-0.3, -0.25) is 9.48 Å². The van der Waals surface area contributed by atoms with Crippen molar-refractivity contribution in [3.8, 4) is 0 Å². The quantitative estimate of drug-likeness (QED) is 0.839. The molecule has 1 aromatic rings. The highest BCUT2D eigenvalue weighted by Crippen LogP contribution is 2.29. The average Bonchev–Trinajstić information content (AvgIpc) is 2.96. The molecule has 0 unspecified atom stereocenters. The van der Waals surface area contributed by atoms with E-state index in [4.69, 9.17) is 0 Å². The summed E-state index contributed by atoms with van der Waals surface area (Å²) < 4.78 is 26.1. The minimum atomic E-state index is -3.15. The Hall–Kier alpha value is -1.37. The molecule has 1 fully saturated rings. The van der Waals surface area contributed by atoms with Gasteiger partial charge in [-0.15, -0.1) is 0 Å². The second-order valence-electron chi connectivity index (χ2n) is 6.82. The molecule has 7 heteroatoms. The van der Waals surface area contributed by atoms with Crippen LogP contribution in [0.2, 0.25) is 0 Å². The molecule has 0 bridgehead atoms. The number of amides is 1. The van der Waals surface area contributed by atoms with E-state index in [0.29, 0.717) is 12.0 Å². The smallest absolute Gasteiger partial charge is 0.257 e. The van der Waals surface area contributed by atoms with Gasteiger partial charge in [0.1, 0.15) is 0 Å². The number of nitrogens with zero attached hydrogens (tertiary/aromatic N) is 3. The molecule has 1 amide bonds. The van der Waals surface area contributed by atoms with Crippen molar-refractivity contribution < 1.29 is 13.2 Å². The first kappa shape index (κ1) is 16.5. The van der Waals surface area contributed by atoms with Crippen molar-refractivity contribution in [1.82, 2.24) is 14.7 Å². The van der Waals surface area contributed by atoms with Gasteiger partial charge >= 0.3 is 0 Å². The van der Waals surface area contributed by atoms with Gasteiger partial charge in [0.25, 0.3) is 5.91 Å². The first-order valence-corrected chi connectivity index (χ1v) is 10.4. The molecule has 2 aliphatic rings. The normalized spacial score (nSPS) is 25.0. The van der Waals surface area contributed by atoms with E-state index in [9.17, 15) is 13.2 Å². The van der Waals surface area contributed by atoms with Crippen molar-refractivity contribution >= 4 is 15.7 Å². The molecule has 2 atom stereocenters. The molecule has 0 N–H and O–H groups in total. The molecule has 0 radical (unpaired) electrons. The van der Waals surface area contributed by atoms with E-state index in [1.807, 2.05) is 4.68 Å². The minimum absolute atomic E-state index is 0.0892. The largest absolute Gasteiger partial charge is 0.337 e. The van der Waals surface area contributed by atoms with E-state index in [0.717, 1.165) is 50.8 Å². The number of aromatic nitrogens is 2. The number of hydrogen-bond donors (Lipinski definition) is 0.